The molecule has 5 heteroatoms. The number of nitriles is 1. The molecule has 22 heavy (non-hydrogen) atoms. The Hall–Kier alpha value is -2.51. The van der Waals surface area contributed by atoms with Crippen molar-refractivity contribution in [2.24, 2.45) is 0 Å². The van der Waals surface area contributed by atoms with Crippen molar-refractivity contribution in [1.29, 1.82) is 5.26 Å². The number of carbonyl (C=O) groups is 1. The van der Waals surface area contributed by atoms with Gasteiger partial charge in [-0.2, -0.15) is 5.26 Å². The molecule has 1 atom stereocenters. The van der Waals surface area contributed by atoms with Crippen LogP contribution in [0.25, 0.3) is 0 Å². The second-order valence-electron chi connectivity index (χ2n) is 4.77. The molecule has 0 aromatic heterocycles. The van der Waals surface area contributed by atoms with Crippen LogP contribution in [0.4, 0.5) is 0 Å². The Morgan fingerprint density at radius 3 is 2.82 bits per heavy atom. The van der Waals surface area contributed by atoms with Gasteiger partial charge in [-0.25, -0.2) is 0 Å². The largest absolute Gasteiger partial charge is 0.484 e. The van der Waals surface area contributed by atoms with Crippen molar-refractivity contribution in [3.8, 4) is 11.8 Å². The van der Waals surface area contributed by atoms with Gasteiger partial charge in [-0.3, -0.25) is 4.79 Å². The number of nitrogens with one attached hydrogen (secondary N) is 1. The maximum absolute atomic E-state index is 11.9. The van der Waals surface area contributed by atoms with Gasteiger partial charge in [0.25, 0.3) is 5.91 Å². The van der Waals surface area contributed by atoms with E-state index in [1.54, 1.807) is 30.3 Å². The van der Waals surface area contributed by atoms with Gasteiger partial charge in [-0.15, -0.1) is 0 Å². The normalized spacial score (nSPS) is 11.3. The molecule has 0 heterocycles. The van der Waals surface area contributed by atoms with Gasteiger partial charge in [0.15, 0.2) is 6.61 Å². The molecule has 0 aliphatic heterocycles. The fraction of sp³-hybridized carbons (Fsp3) is 0.176. The van der Waals surface area contributed by atoms with Crippen LogP contribution in [0.5, 0.6) is 5.75 Å². The highest BCUT2D eigenvalue weighted by Gasteiger charge is 2.10. The summed E-state index contributed by atoms with van der Waals surface area (Å²) < 4.78 is 5.38. The number of rotatable bonds is 5. The van der Waals surface area contributed by atoms with Gasteiger partial charge in [-0.1, -0.05) is 29.8 Å². The Morgan fingerprint density at radius 2 is 2.09 bits per heavy atom. The highest BCUT2D eigenvalue weighted by atomic mass is 35.5. The van der Waals surface area contributed by atoms with Crippen LogP contribution >= 0.6 is 11.6 Å². The lowest BCUT2D eigenvalue weighted by atomic mass is 10.1. The van der Waals surface area contributed by atoms with Crippen molar-refractivity contribution in [1.82, 2.24) is 5.32 Å². The SMILES string of the molecule is CC(NC(=O)COc1cccc(C#N)c1)c1cccc(Cl)c1. The van der Waals surface area contributed by atoms with Gasteiger partial charge in [0.05, 0.1) is 17.7 Å². The Balaban J connectivity index is 1.89. The van der Waals surface area contributed by atoms with Crippen molar-refractivity contribution in [2.75, 3.05) is 6.61 Å². The van der Waals surface area contributed by atoms with Crippen molar-refractivity contribution >= 4 is 17.5 Å². The van der Waals surface area contributed by atoms with Gasteiger partial charge in [0.2, 0.25) is 0 Å². The molecule has 0 saturated heterocycles. The number of hydrogen-bond acceptors (Lipinski definition) is 3. The fourth-order valence-corrected chi connectivity index (χ4v) is 2.15. The smallest absolute Gasteiger partial charge is 0.258 e. The maximum Gasteiger partial charge on any atom is 0.258 e. The van der Waals surface area contributed by atoms with Crippen LogP contribution in [-0.2, 0) is 4.79 Å². The number of halogens is 1. The molecule has 0 fully saturated rings. The van der Waals surface area contributed by atoms with Crippen LogP contribution in [0, 0.1) is 11.3 Å². The molecule has 2 aromatic rings. The summed E-state index contributed by atoms with van der Waals surface area (Å²) in [5.41, 5.74) is 1.41. The molecule has 112 valence electrons. The summed E-state index contributed by atoms with van der Waals surface area (Å²) in [4.78, 5) is 11.9. The zero-order valence-electron chi connectivity index (χ0n) is 12.0. The minimum Gasteiger partial charge on any atom is -0.484 e. The van der Waals surface area contributed by atoms with E-state index < -0.39 is 0 Å². The summed E-state index contributed by atoms with van der Waals surface area (Å²) in [5.74, 6) is 0.249. The standard InChI is InChI=1S/C17H15ClN2O2/c1-12(14-5-3-6-15(18)9-14)20-17(21)11-22-16-7-2-4-13(8-16)10-19/h2-9,12H,11H2,1H3,(H,20,21). The van der Waals surface area contributed by atoms with E-state index in [1.165, 1.54) is 0 Å². The van der Waals surface area contributed by atoms with E-state index >= 15 is 0 Å². The number of carbonyl (C=O) groups excluding carboxylic acids is 1. The number of nitrogens with zero attached hydrogens (tertiary/aromatic N) is 1. The third kappa shape index (κ3) is 4.51. The first-order valence-corrected chi connectivity index (χ1v) is 7.14. The topological polar surface area (TPSA) is 62.1 Å². The minimum absolute atomic E-state index is 0.111. The third-order valence-electron chi connectivity index (χ3n) is 3.06. The van der Waals surface area contributed by atoms with Crippen LogP contribution < -0.4 is 10.1 Å². The summed E-state index contributed by atoms with van der Waals surface area (Å²) in [6.07, 6.45) is 0. The van der Waals surface area contributed by atoms with E-state index in [4.69, 9.17) is 21.6 Å². The quantitative estimate of drug-likeness (QED) is 0.919. The highest BCUT2D eigenvalue weighted by Crippen LogP contribution is 2.17. The highest BCUT2D eigenvalue weighted by molar-refractivity contribution is 6.30. The fourth-order valence-electron chi connectivity index (χ4n) is 1.95. The Morgan fingerprint density at radius 1 is 1.32 bits per heavy atom. The van der Waals surface area contributed by atoms with E-state index in [-0.39, 0.29) is 18.6 Å². The molecule has 1 N–H and O–H groups in total. The van der Waals surface area contributed by atoms with E-state index in [0.29, 0.717) is 16.3 Å². The Kier molecular flexibility index (Phi) is 5.40. The van der Waals surface area contributed by atoms with Crippen molar-refractivity contribution < 1.29 is 9.53 Å². The zero-order valence-corrected chi connectivity index (χ0v) is 12.8. The average Bonchev–Trinajstić information content (AvgIpc) is 2.53. The summed E-state index contributed by atoms with van der Waals surface area (Å²) >= 11 is 5.93. The van der Waals surface area contributed by atoms with E-state index in [0.717, 1.165) is 5.56 Å². The molecule has 1 amide bonds. The molecule has 1 unspecified atom stereocenters. The number of amides is 1. The molecule has 0 radical (unpaired) electrons. The Bertz CT molecular complexity index is 710. The lowest BCUT2D eigenvalue weighted by molar-refractivity contribution is -0.123. The zero-order chi connectivity index (χ0) is 15.9. The van der Waals surface area contributed by atoms with Crippen LogP contribution in [0.1, 0.15) is 24.1 Å². The summed E-state index contributed by atoms with van der Waals surface area (Å²) in [6, 6.07) is 15.9. The van der Waals surface area contributed by atoms with Crippen molar-refractivity contribution in [2.45, 2.75) is 13.0 Å². The predicted molar refractivity (Wildman–Crippen MR) is 84.7 cm³/mol. The second kappa shape index (κ2) is 7.48. The third-order valence-corrected chi connectivity index (χ3v) is 3.29. The monoisotopic (exact) mass is 314 g/mol. The van der Waals surface area contributed by atoms with Crippen molar-refractivity contribution in [3.63, 3.8) is 0 Å². The molecule has 0 aliphatic rings. The van der Waals surface area contributed by atoms with Gasteiger partial charge in [0.1, 0.15) is 5.75 Å². The van der Waals surface area contributed by atoms with E-state index in [2.05, 4.69) is 5.32 Å². The minimum atomic E-state index is -0.241. The number of benzene rings is 2. The van der Waals surface area contributed by atoms with Crippen LogP contribution in [0.15, 0.2) is 48.5 Å². The lowest BCUT2D eigenvalue weighted by Crippen LogP contribution is -2.31. The molecule has 0 saturated carbocycles. The molecule has 2 rings (SSSR count). The predicted octanol–water partition coefficient (Wildman–Crippen LogP) is 3.47. The molecule has 2 aromatic carbocycles. The molecule has 0 bridgehead atoms. The van der Waals surface area contributed by atoms with Gasteiger partial charge >= 0.3 is 0 Å². The summed E-state index contributed by atoms with van der Waals surface area (Å²) in [5, 5.41) is 12.3. The summed E-state index contributed by atoms with van der Waals surface area (Å²) in [7, 11) is 0. The van der Waals surface area contributed by atoms with Crippen LogP contribution in [0.2, 0.25) is 5.02 Å². The number of ether oxygens (including phenoxy) is 1. The molecule has 4 nitrogen and oxygen atoms in total. The first-order chi connectivity index (χ1) is 10.6. The molecular weight excluding hydrogens is 300 g/mol. The van der Waals surface area contributed by atoms with Crippen molar-refractivity contribution in [3.05, 3.63) is 64.7 Å². The number of hydrogen-bond donors (Lipinski definition) is 1. The lowest BCUT2D eigenvalue weighted by Gasteiger charge is -2.15. The van der Waals surface area contributed by atoms with Crippen LogP contribution in [0.3, 0.4) is 0 Å². The van der Waals surface area contributed by atoms with Gasteiger partial charge in [-0.05, 0) is 42.8 Å². The maximum atomic E-state index is 11.9. The first kappa shape index (κ1) is 15.9. The van der Waals surface area contributed by atoms with E-state index in [1.807, 2.05) is 31.2 Å². The second-order valence-corrected chi connectivity index (χ2v) is 5.21. The van der Waals surface area contributed by atoms with Gasteiger partial charge < -0.3 is 10.1 Å². The first-order valence-electron chi connectivity index (χ1n) is 6.76. The van der Waals surface area contributed by atoms with E-state index in [9.17, 15) is 4.79 Å². The molecule has 0 aliphatic carbocycles. The summed E-state index contributed by atoms with van der Waals surface area (Å²) in [6.45, 7) is 1.76. The van der Waals surface area contributed by atoms with Gasteiger partial charge in [0, 0.05) is 5.02 Å². The Labute approximate surface area is 134 Å². The molecular formula is C17H15ClN2O2. The van der Waals surface area contributed by atoms with Crippen LogP contribution in [-0.4, -0.2) is 12.5 Å². The average molecular weight is 315 g/mol. The molecule has 0 spiro atoms.